The molecule has 1 fully saturated rings. The van der Waals surface area contributed by atoms with Gasteiger partial charge in [0, 0.05) is 19.2 Å². The van der Waals surface area contributed by atoms with Crippen LogP contribution in [-0.2, 0) is 9.53 Å². The molecular weight excluding hydrogens is 369 g/mol. The monoisotopic (exact) mass is 387 g/mol. The SMILES string of the molecule is O=C(COC(=O)c1ccc(N2CCCC2)c([N+](=O)[O-])c1)Nc1ccccc1F. The number of rotatable bonds is 6. The lowest BCUT2D eigenvalue weighted by Crippen LogP contribution is -2.22. The molecule has 146 valence electrons. The average molecular weight is 387 g/mol. The van der Waals surface area contributed by atoms with Crippen molar-refractivity contribution >= 4 is 28.9 Å². The van der Waals surface area contributed by atoms with E-state index >= 15 is 0 Å². The number of halogens is 1. The molecule has 2 aromatic rings. The van der Waals surface area contributed by atoms with Gasteiger partial charge in [0.2, 0.25) is 0 Å². The van der Waals surface area contributed by atoms with Gasteiger partial charge in [-0.3, -0.25) is 14.9 Å². The van der Waals surface area contributed by atoms with Crippen molar-refractivity contribution in [1.82, 2.24) is 0 Å². The summed E-state index contributed by atoms with van der Waals surface area (Å²) in [5, 5.41) is 13.7. The molecule has 9 heteroatoms. The van der Waals surface area contributed by atoms with Gasteiger partial charge in [-0.15, -0.1) is 0 Å². The summed E-state index contributed by atoms with van der Waals surface area (Å²) in [5.74, 6) is -2.21. The molecule has 2 aromatic carbocycles. The minimum Gasteiger partial charge on any atom is -0.452 e. The number of para-hydroxylation sites is 1. The van der Waals surface area contributed by atoms with Crippen LogP contribution in [0.15, 0.2) is 42.5 Å². The van der Waals surface area contributed by atoms with Gasteiger partial charge in [-0.2, -0.15) is 0 Å². The molecule has 0 spiro atoms. The van der Waals surface area contributed by atoms with E-state index in [1.807, 2.05) is 4.90 Å². The number of esters is 1. The topological polar surface area (TPSA) is 102 Å². The highest BCUT2D eigenvalue weighted by Crippen LogP contribution is 2.31. The number of ether oxygens (including phenoxy) is 1. The summed E-state index contributed by atoms with van der Waals surface area (Å²) >= 11 is 0. The Morgan fingerprint density at radius 3 is 2.57 bits per heavy atom. The molecular formula is C19H18FN3O5. The third-order valence-electron chi connectivity index (χ3n) is 4.34. The number of nitrogens with one attached hydrogen (secondary N) is 1. The molecule has 0 aliphatic carbocycles. The molecule has 1 saturated heterocycles. The maximum absolute atomic E-state index is 13.5. The van der Waals surface area contributed by atoms with E-state index in [4.69, 9.17) is 4.74 Å². The lowest BCUT2D eigenvalue weighted by molar-refractivity contribution is -0.384. The number of benzene rings is 2. The van der Waals surface area contributed by atoms with Crippen LogP contribution in [0.2, 0.25) is 0 Å². The van der Waals surface area contributed by atoms with Gasteiger partial charge in [-0.1, -0.05) is 12.1 Å². The summed E-state index contributed by atoms with van der Waals surface area (Å²) in [7, 11) is 0. The Labute approximate surface area is 160 Å². The van der Waals surface area contributed by atoms with Crippen molar-refractivity contribution in [1.29, 1.82) is 0 Å². The van der Waals surface area contributed by atoms with E-state index in [1.54, 1.807) is 6.07 Å². The average Bonchev–Trinajstić information content (AvgIpc) is 3.22. The first-order chi connectivity index (χ1) is 13.5. The van der Waals surface area contributed by atoms with Crippen LogP contribution in [0.1, 0.15) is 23.2 Å². The van der Waals surface area contributed by atoms with Crippen molar-refractivity contribution in [2.24, 2.45) is 0 Å². The number of nitro groups is 1. The van der Waals surface area contributed by atoms with Crippen LogP contribution in [0.4, 0.5) is 21.5 Å². The Balaban J connectivity index is 1.65. The number of hydrogen-bond donors (Lipinski definition) is 1. The second-order valence-corrected chi connectivity index (χ2v) is 6.26. The summed E-state index contributed by atoms with van der Waals surface area (Å²) in [6, 6.07) is 9.66. The minimum atomic E-state index is -0.875. The molecule has 1 amide bonds. The molecule has 0 radical (unpaired) electrons. The molecule has 3 rings (SSSR count). The van der Waals surface area contributed by atoms with Gasteiger partial charge in [-0.05, 0) is 37.1 Å². The Hall–Kier alpha value is -3.49. The van der Waals surface area contributed by atoms with Crippen LogP contribution in [0, 0.1) is 15.9 Å². The van der Waals surface area contributed by atoms with Crippen LogP contribution >= 0.6 is 0 Å². The third kappa shape index (κ3) is 4.43. The standard InChI is InChI=1S/C19H18FN3O5/c20-14-5-1-2-6-15(14)21-18(24)12-28-19(25)13-7-8-16(17(11-13)23(26)27)22-9-3-4-10-22/h1-2,5-8,11H,3-4,9-10,12H2,(H,21,24). The number of nitro benzene ring substituents is 1. The van der Waals surface area contributed by atoms with Gasteiger partial charge in [-0.25, -0.2) is 9.18 Å². The smallest absolute Gasteiger partial charge is 0.338 e. The molecule has 0 unspecified atom stereocenters. The van der Waals surface area contributed by atoms with Crippen LogP contribution in [0.3, 0.4) is 0 Å². The molecule has 1 aliphatic rings. The Morgan fingerprint density at radius 1 is 1.18 bits per heavy atom. The summed E-state index contributed by atoms with van der Waals surface area (Å²) < 4.78 is 18.4. The van der Waals surface area contributed by atoms with Crippen molar-refractivity contribution in [2.75, 3.05) is 29.9 Å². The molecule has 0 atom stereocenters. The second-order valence-electron chi connectivity index (χ2n) is 6.26. The highest BCUT2D eigenvalue weighted by Gasteiger charge is 2.24. The van der Waals surface area contributed by atoms with Crippen LogP contribution < -0.4 is 10.2 Å². The molecule has 0 bridgehead atoms. The predicted molar refractivity (Wildman–Crippen MR) is 99.9 cm³/mol. The Kier molecular flexibility index (Phi) is 5.83. The largest absolute Gasteiger partial charge is 0.452 e. The maximum atomic E-state index is 13.5. The molecule has 1 N–H and O–H groups in total. The van der Waals surface area contributed by atoms with Crippen molar-refractivity contribution in [2.45, 2.75) is 12.8 Å². The van der Waals surface area contributed by atoms with E-state index in [1.165, 1.54) is 30.3 Å². The van der Waals surface area contributed by atoms with Crippen molar-refractivity contribution in [3.8, 4) is 0 Å². The van der Waals surface area contributed by atoms with Gasteiger partial charge < -0.3 is 15.0 Å². The summed E-state index contributed by atoms with van der Waals surface area (Å²) in [5.41, 5.74) is 0.200. The van der Waals surface area contributed by atoms with Gasteiger partial charge in [0.1, 0.15) is 11.5 Å². The van der Waals surface area contributed by atoms with Crippen molar-refractivity contribution in [3.63, 3.8) is 0 Å². The normalized spacial score (nSPS) is 13.2. The Morgan fingerprint density at radius 2 is 1.89 bits per heavy atom. The molecule has 8 nitrogen and oxygen atoms in total. The zero-order valence-electron chi connectivity index (χ0n) is 14.9. The first-order valence-corrected chi connectivity index (χ1v) is 8.70. The number of nitrogens with zero attached hydrogens (tertiary/aromatic N) is 2. The third-order valence-corrected chi connectivity index (χ3v) is 4.34. The summed E-state index contributed by atoms with van der Waals surface area (Å²) in [6.45, 7) is 0.802. The molecule has 0 saturated carbocycles. The van der Waals surface area contributed by atoms with Gasteiger partial charge in [0.15, 0.2) is 6.61 Å². The second kappa shape index (κ2) is 8.47. The summed E-state index contributed by atoms with van der Waals surface area (Å²) in [6.07, 6.45) is 1.91. The lowest BCUT2D eigenvalue weighted by atomic mass is 10.1. The van der Waals surface area contributed by atoms with E-state index in [0.717, 1.165) is 32.0 Å². The number of anilines is 2. The highest BCUT2D eigenvalue weighted by atomic mass is 19.1. The van der Waals surface area contributed by atoms with Crippen molar-refractivity contribution in [3.05, 3.63) is 64.0 Å². The number of hydrogen-bond acceptors (Lipinski definition) is 6. The first kappa shape index (κ1) is 19.3. The van der Waals surface area contributed by atoms with E-state index in [9.17, 15) is 24.1 Å². The fourth-order valence-electron chi connectivity index (χ4n) is 2.99. The fourth-order valence-corrected chi connectivity index (χ4v) is 2.99. The van der Waals surface area contributed by atoms with E-state index in [0.29, 0.717) is 5.69 Å². The zero-order valence-corrected chi connectivity index (χ0v) is 14.9. The Bertz CT molecular complexity index is 912. The molecule has 1 aliphatic heterocycles. The van der Waals surface area contributed by atoms with E-state index in [2.05, 4.69) is 5.32 Å². The predicted octanol–water partition coefficient (Wildman–Crippen LogP) is 3.13. The molecule has 28 heavy (non-hydrogen) atoms. The van der Waals surface area contributed by atoms with Crippen LogP contribution in [0.5, 0.6) is 0 Å². The molecule has 0 aromatic heterocycles. The van der Waals surface area contributed by atoms with E-state index in [-0.39, 0.29) is 16.9 Å². The van der Waals surface area contributed by atoms with Crippen LogP contribution in [-0.4, -0.2) is 36.5 Å². The van der Waals surface area contributed by atoms with Crippen molar-refractivity contribution < 1.29 is 23.6 Å². The number of carbonyl (C=O) groups is 2. The first-order valence-electron chi connectivity index (χ1n) is 8.70. The van der Waals surface area contributed by atoms with Gasteiger partial charge in [0.25, 0.3) is 11.6 Å². The lowest BCUT2D eigenvalue weighted by Gasteiger charge is -2.17. The summed E-state index contributed by atoms with van der Waals surface area (Å²) in [4.78, 5) is 36.7. The fraction of sp³-hybridized carbons (Fsp3) is 0.263. The highest BCUT2D eigenvalue weighted by molar-refractivity contribution is 5.96. The van der Waals surface area contributed by atoms with Crippen LogP contribution in [0.25, 0.3) is 0 Å². The minimum absolute atomic E-state index is 0.0332. The van der Waals surface area contributed by atoms with Gasteiger partial charge >= 0.3 is 5.97 Å². The zero-order chi connectivity index (χ0) is 20.1. The number of amides is 1. The van der Waals surface area contributed by atoms with Gasteiger partial charge in [0.05, 0.1) is 16.2 Å². The maximum Gasteiger partial charge on any atom is 0.338 e. The quantitative estimate of drug-likeness (QED) is 0.464. The number of carbonyl (C=O) groups excluding carboxylic acids is 2. The van der Waals surface area contributed by atoms with E-state index < -0.39 is 29.2 Å². The molecule has 1 heterocycles.